The van der Waals surface area contributed by atoms with Gasteiger partial charge in [-0.2, -0.15) is 0 Å². The molecule has 3 N–H and O–H groups in total. The summed E-state index contributed by atoms with van der Waals surface area (Å²) in [4.78, 5) is 0.257. The van der Waals surface area contributed by atoms with Crippen LogP contribution in [0.15, 0.2) is 27.6 Å². The lowest BCUT2D eigenvalue weighted by atomic mass is 9.95. The van der Waals surface area contributed by atoms with Gasteiger partial charge in [0, 0.05) is 16.6 Å². The number of nitrogens with two attached hydrogens (primary N) is 1. The standard InChI is InChI=1S/C13H21BrN2O2S/c1-4-13(5-2,9-15)16-19(17,18)11-8-6-7-10(3)12(11)14/h6-8,16H,4-5,9,15H2,1-3H3. The van der Waals surface area contributed by atoms with E-state index in [0.717, 1.165) is 5.56 Å². The van der Waals surface area contributed by atoms with Crippen LogP contribution in [0.25, 0.3) is 0 Å². The van der Waals surface area contributed by atoms with Crippen molar-refractivity contribution in [3.8, 4) is 0 Å². The maximum absolute atomic E-state index is 12.5. The summed E-state index contributed by atoms with van der Waals surface area (Å²) in [6, 6.07) is 5.18. The molecule has 0 aliphatic rings. The average molecular weight is 349 g/mol. The van der Waals surface area contributed by atoms with Gasteiger partial charge >= 0.3 is 0 Å². The van der Waals surface area contributed by atoms with Gasteiger partial charge in [-0.3, -0.25) is 0 Å². The molecule has 0 aliphatic heterocycles. The van der Waals surface area contributed by atoms with Crippen LogP contribution >= 0.6 is 15.9 Å². The van der Waals surface area contributed by atoms with Crippen LogP contribution in [0.1, 0.15) is 32.3 Å². The Kier molecular flexibility index (Phi) is 5.55. The Morgan fingerprint density at radius 1 is 1.32 bits per heavy atom. The molecule has 0 fully saturated rings. The fourth-order valence-corrected chi connectivity index (χ4v) is 4.50. The molecule has 1 aromatic rings. The minimum atomic E-state index is -3.58. The predicted octanol–water partition coefficient (Wildman–Crippen LogP) is 2.55. The van der Waals surface area contributed by atoms with Crippen LogP contribution in [-0.4, -0.2) is 20.5 Å². The second-order valence-corrected chi connectivity index (χ2v) is 7.13. The number of nitrogens with one attached hydrogen (secondary N) is 1. The molecular weight excluding hydrogens is 328 g/mol. The number of aryl methyl sites for hydroxylation is 1. The van der Waals surface area contributed by atoms with Crippen molar-refractivity contribution in [3.05, 3.63) is 28.2 Å². The quantitative estimate of drug-likeness (QED) is 0.829. The van der Waals surface area contributed by atoms with Crippen LogP contribution in [0.5, 0.6) is 0 Å². The van der Waals surface area contributed by atoms with Crippen molar-refractivity contribution in [1.29, 1.82) is 0 Å². The molecule has 0 saturated heterocycles. The Bertz CT molecular complexity index is 531. The normalized spacial score (nSPS) is 12.7. The predicted molar refractivity (Wildman–Crippen MR) is 81.6 cm³/mol. The maximum Gasteiger partial charge on any atom is 0.242 e. The summed E-state index contributed by atoms with van der Waals surface area (Å²) in [6.45, 7) is 6.01. The Balaban J connectivity index is 3.22. The summed E-state index contributed by atoms with van der Waals surface area (Å²) in [6.07, 6.45) is 1.31. The third-order valence-corrected chi connectivity index (χ3v) is 6.48. The van der Waals surface area contributed by atoms with E-state index in [2.05, 4.69) is 20.7 Å². The lowest BCUT2D eigenvalue weighted by molar-refractivity contribution is 0.363. The SMILES string of the molecule is CCC(CC)(CN)NS(=O)(=O)c1cccc(C)c1Br. The first-order valence-electron chi connectivity index (χ1n) is 6.31. The van der Waals surface area contributed by atoms with Crippen LogP contribution in [0, 0.1) is 6.92 Å². The van der Waals surface area contributed by atoms with E-state index in [9.17, 15) is 8.42 Å². The molecule has 0 heterocycles. The molecule has 0 unspecified atom stereocenters. The summed E-state index contributed by atoms with van der Waals surface area (Å²) in [7, 11) is -3.58. The lowest BCUT2D eigenvalue weighted by Crippen LogP contribution is -2.52. The van der Waals surface area contributed by atoms with Gasteiger partial charge < -0.3 is 5.73 Å². The minimum absolute atomic E-state index is 0.257. The molecule has 0 aromatic heterocycles. The smallest absolute Gasteiger partial charge is 0.242 e. The van der Waals surface area contributed by atoms with E-state index < -0.39 is 15.6 Å². The fraction of sp³-hybridized carbons (Fsp3) is 0.538. The number of rotatable bonds is 6. The van der Waals surface area contributed by atoms with Gasteiger partial charge in [-0.1, -0.05) is 26.0 Å². The summed E-state index contributed by atoms with van der Waals surface area (Å²) < 4.78 is 28.4. The highest BCUT2D eigenvalue weighted by atomic mass is 79.9. The van der Waals surface area contributed by atoms with Gasteiger partial charge in [0.2, 0.25) is 10.0 Å². The Labute approximate surface area is 124 Å². The first-order chi connectivity index (χ1) is 8.82. The van der Waals surface area contributed by atoms with Crippen molar-refractivity contribution in [2.45, 2.75) is 44.0 Å². The second kappa shape index (κ2) is 6.35. The van der Waals surface area contributed by atoms with Gasteiger partial charge in [-0.05, 0) is 47.3 Å². The molecule has 4 nitrogen and oxygen atoms in total. The molecule has 0 saturated carbocycles. The third-order valence-electron chi connectivity index (χ3n) is 3.54. The molecule has 1 rings (SSSR count). The van der Waals surface area contributed by atoms with Crippen molar-refractivity contribution >= 4 is 26.0 Å². The summed E-state index contributed by atoms with van der Waals surface area (Å²) >= 11 is 3.34. The first-order valence-corrected chi connectivity index (χ1v) is 8.58. The monoisotopic (exact) mass is 348 g/mol. The van der Waals surface area contributed by atoms with E-state index in [0.29, 0.717) is 17.3 Å². The van der Waals surface area contributed by atoms with Crippen molar-refractivity contribution in [1.82, 2.24) is 4.72 Å². The molecule has 6 heteroatoms. The van der Waals surface area contributed by atoms with Gasteiger partial charge in [-0.25, -0.2) is 13.1 Å². The number of benzene rings is 1. The first kappa shape index (κ1) is 16.6. The molecule has 19 heavy (non-hydrogen) atoms. The van der Waals surface area contributed by atoms with E-state index in [1.54, 1.807) is 12.1 Å². The van der Waals surface area contributed by atoms with Gasteiger partial charge in [0.05, 0.1) is 4.90 Å². The molecule has 1 aromatic carbocycles. The highest BCUT2D eigenvalue weighted by Crippen LogP contribution is 2.27. The fourth-order valence-electron chi connectivity index (χ4n) is 1.89. The second-order valence-electron chi connectivity index (χ2n) is 4.68. The third kappa shape index (κ3) is 3.56. The van der Waals surface area contributed by atoms with Gasteiger partial charge in [0.25, 0.3) is 0 Å². The lowest BCUT2D eigenvalue weighted by Gasteiger charge is -2.31. The van der Waals surface area contributed by atoms with E-state index >= 15 is 0 Å². The van der Waals surface area contributed by atoms with Crippen molar-refractivity contribution in [2.75, 3.05) is 6.54 Å². The molecule has 0 aliphatic carbocycles. The van der Waals surface area contributed by atoms with Crippen molar-refractivity contribution < 1.29 is 8.42 Å². The molecule has 0 amide bonds. The van der Waals surface area contributed by atoms with Gasteiger partial charge in [0.1, 0.15) is 0 Å². The molecule has 0 spiro atoms. The molecule has 108 valence electrons. The largest absolute Gasteiger partial charge is 0.329 e. The topological polar surface area (TPSA) is 72.2 Å². The van der Waals surface area contributed by atoms with Crippen LogP contribution < -0.4 is 10.5 Å². The molecule has 0 atom stereocenters. The maximum atomic E-state index is 12.5. The Morgan fingerprint density at radius 3 is 2.37 bits per heavy atom. The average Bonchev–Trinajstić information content (AvgIpc) is 2.39. The zero-order valence-corrected chi connectivity index (χ0v) is 13.9. The van der Waals surface area contributed by atoms with E-state index in [1.165, 1.54) is 0 Å². The minimum Gasteiger partial charge on any atom is -0.329 e. The number of sulfonamides is 1. The summed E-state index contributed by atoms with van der Waals surface area (Å²) in [5.74, 6) is 0. The highest BCUT2D eigenvalue weighted by Gasteiger charge is 2.31. The number of hydrogen-bond donors (Lipinski definition) is 2. The number of hydrogen-bond acceptors (Lipinski definition) is 3. The Morgan fingerprint density at radius 2 is 1.89 bits per heavy atom. The highest BCUT2D eigenvalue weighted by molar-refractivity contribution is 9.10. The van der Waals surface area contributed by atoms with E-state index in [-0.39, 0.29) is 11.4 Å². The van der Waals surface area contributed by atoms with Crippen LogP contribution in [0.4, 0.5) is 0 Å². The van der Waals surface area contributed by atoms with Gasteiger partial charge in [0.15, 0.2) is 0 Å². The zero-order valence-electron chi connectivity index (χ0n) is 11.5. The zero-order chi connectivity index (χ0) is 14.7. The van der Waals surface area contributed by atoms with E-state index in [4.69, 9.17) is 5.73 Å². The summed E-state index contributed by atoms with van der Waals surface area (Å²) in [5.41, 5.74) is 6.05. The van der Waals surface area contributed by atoms with Crippen molar-refractivity contribution in [2.24, 2.45) is 5.73 Å². The van der Waals surface area contributed by atoms with Crippen LogP contribution in [0.3, 0.4) is 0 Å². The Hall–Kier alpha value is -0.430. The molecular formula is C13H21BrN2O2S. The molecule has 0 radical (unpaired) electrons. The number of halogens is 1. The van der Waals surface area contributed by atoms with Crippen LogP contribution in [0.2, 0.25) is 0 Å². The van der Waals surface area contributed by atoms with Gasteiger partial charge in [-0.15, -0.1) is 0 Å². The summed E-state index contributed by atoms with van der Waals surface area (Å²) in [5, 5.41) is 0. The van der Waals surface area contributed by atoms with Crippen LogP contribution in [-0.2, 0) is 10.0 Å². The van der Waals surface area contributed by atoms with Crippen molar-refractivity contribution in [3.63, 3.8) is 0 Å². The molecule has 0 bridgehead atoms. The van der Waals surface area contributed by atoms with E-state index in [1.807, 2.05) is 26.8 Å².